The first kappa shape index (κ1) is 22.7. The van der Waals surface area contributed by atoms with Crippen molar-refractivity contribution in [2.75, 3.05) is 16.3 Å². The van der Waals surface area contributed by atoms with Crippen LogP contribution in [-0.2, 0) is 32.0 Å². The summed E-state index contributed by atoms with van der Waals surface area (Å²) in [4.78, 5) is 53.1. The predicted octanol–water partition coefficient (Wildman–Crippen LogP) is 3.81. The second-order valence-electron chi connectivity index (χ2n) is 8.43. The van der Waals surface area contributed by atoms with Gasteiger partial charge in [0.15, 0.2) is 0 Å². The van der Waals surface area contributed by atoms with Crippen molar-refractivity contribution in [2.45, 2.75) is 52.4 Å². The van der Waals surface area contributed by atoms with E-state index in [0.29, 0.717) is 24.9 Å². The molecule has 2 aliphatic rings. The number of piperidine rings is 1. The van der Waals surface area contributed by atoms with Crippen LogP contribution in [0.5, 0.6) is 5.75 Å². The summed E-state index contributed by atoms with van der Waals surface area (Å²) in [5, 5.41) is 0. The quantitative estimate of drug-likeness (QED) is 0.381. The van der Waals surface area contributed by atoms with Gasteiger partial charge in [0.1, 0.15) is 5.75 Å². The molecule has 33 heavy (non-hydrogen) atoms. The third-order valence-corrected chi connectivity index (χ3v) is 6.27. The van der Waals surface area contributed by atoms with Crippen LogP contribution in [-0.4, -0.2) is 30.2 Å². The van der Waals surface area contributed by atoms with Crippen molar-refractivity contribution in [3.63, 3.8) is 0 Å². The molecule has 7 nitrogen and oxygen atoms in total. The highest BCUT2D eigenvalue weighted by atomic mass is 16.5. The summed E-state index contributed by atoms with van der Waals surface area (Å²) in [7, 11) is 0. The molecule has 0 radical (unpaired) electrons. The molecule has 172 valence electrons. The van der Waals surface area contributed by atoms with Crippen molar-refractivity contribution in [3.8, 4) is 5.75 Å². The van der Waals surface area contributed by atoms with E-state index >= 15 is 0 Å². The van der Waals surface area contributed by atoms with Crippen molar-refractivity contribution in [1.82, 2.24) is 0 Å². The first-order valence-corrected chi connectivity index (χ1v) is 11.5. The molecule has 0 saturated carbocycles. The molecular weight excluding hydrogens is 420 g/mol. The Morgan fingerprint density at radius 1 is 0.939 bits per heavy atom. The Morgan fingerprint density at radius 3 is 2.21 bits per heavy atom. The van der Waals surface area contributed by atoms with E-state index in [1.807, 2.05) is 18.2 Å². The van der Waals surface area contributed by atoms with E-state index in [-0.39, 0.29) is 36.4 Å². The van der Waals surface area contributed by atoms with Crippen LogP contribution in [0.2, 0.25) is 0 Å². The number of aryl methyl sites for hydroxylation is 2. The summed E-state index contributed by atoms with van der Waals surface area (Å²) in [6.45, 7) is 4.37. The number of ether oxygens (including phenoxy) is 1. The molecule has 0 aromatic heterocycles. The molecule has 0 unspecified atom stereocenters. The molecule has 2 fully saturated rings. The number of amides is 3. The molecule has 2 aromatic carbocycles. The third kappa shape index (κ3) is 4.53. The van der Waals surface area contributed by atoms with E-state index < -0.39 is 11.9 Å². The summed E-state index contributed by atoms with van der Waals surface area (Å²) >= 11 is 0. The highest BCUT2D eigenvalue weighted by Gasteiger charge is 2.38. The largest absolute Gasteiger partial charge is 0.426 e. The molecule has 0 bridgehead atoms. The fraction of sp³-hybridized carbons (Fsp3) is 0.385. The van der Waals surface area contributed by atoms with Crippen molar-refractivity contribution in [1.29, 1.82) is 0 Å². The van der Waals surface area contributed by atoms with Crippen LogP contribution < -0.4 is 14.5 Å². The number of anilines is 2. The van der Waals surface area contributed by atoms with E-state index in [0.717, 1.165) is 34.6 Å². The van der Waals surface area contributed by atoms with E-state index in [1.54, 1.807) is 23.1 Å². The monoisotopic (exact) mass is 448 g/mol. The van der Waals surface area contributed by atoms with Gasteiger partial charge in [-0.15, -0.1) is 0 Å². The van der Waals surface area contributed by atoms with Crippen LogP contribution in [0.4, 0.5) is 11.4 Å². The fourth-order valence-corrected chi connectivity index (χ4v) is 4.57. The number of imide groups is 1. The molecule has 0 N–H and O–H groups in total. The first-order chi connectivity index (χ1) is 15.9. The minimum absolute atomic E-state index is 0.0861. The zero-order chi connectivity index (χ0) is 23.5. The number of nitrogens with zero attached hydrogens (tertiary/aromatic N) is 2. The summed E-state index contributed by atoms with van der Waals surface area (Å²) < 4.78 is 5.58. The number of hydrogen-bond donors (Lipinski definition) is 0. The number of benzene rings is 2. The van der Waals surface area contributed by atoms with Crippen molar-refractivity contribution < 1.29 is 23.9 Å². The van der Waals surface area contributed by atoms with E-state index in [4.69, 9.17) is 4.74 Å². The molecule has 2 saturated heterocycles. The van der Waals surface area contributed by atoms with Crippen molar-refractivity contribution >= 4 is 35.1 Å². The number of esters is 1. The van der Waals surface area contributed by atoms with Gasteiger partial charge in [-0.2, -0.15) is 0 Å². The normalized spacial score (nSPS) is 18.7. The lowest BCUT2D eigenvalue weighted by Gasteiger charge is -2.25. The molecule has 2 heterocycles. The molecule has 7 heteroatoms. The van der Waals surface area contributed by atoms with Gasteiger partial charge in [-0.3, -0.25) is 24.1 Å². The molecule has 1 atom stereocenters. The maximum Gasteiger partial charge on any atom is 0.316 e. The minimum atomic E-state index is -0.589. The molecule has 0 spiro atoms. The number of carbonyl (C=O) groups is 4. The Hall–Kier alpha value is -3.48. The van der Waals surface area contributed by atoms with Gasteiger partial charge in [-0.1, -0.05) is 38.1 Å². The average Bonchev–Trinajstić information content (AvgIpc) is 3.20. The van der Waals surface area contributed by atoms with Crippen LogP contribution in [0.25, 0.3) is 0 Å². The number of rotatable bonds is 6. The lowest BCUT2D eigenvalue weighted by molar-refractivity contribution is -0.139. The van der Waals surface area contributed by atoms with Gasteiger partial charge in [0.2, 0.25) is 17.7 Å². The summed E-state index contributed by atoms with van der Waals surface area (Å²) in [5.74, 6) is -1.44. The van der Waals surface area contributed by atoms with Crippen molar-refractivity contribution in [3.05, 3.63) is 53.6 Å². The SMILES string of the molecule is CCc1cccc(CC)c1N1C[C@H](C(=O)Oc2cccc(N3C(=O)CCCC3=O)c2)CC1=O. The maximum atomic E-state index is 12.9. The topological polar surface area (TPSA) is 84.0 Å². The molecule has 4 rings (SSSR count). The van der Waals surface area contributed by atoms with Gasteiger partial charge >= 0.3 is 5.97 Å². The van der Waals surface area contributed by atoms with Crippen LogP contribution in [0.1, 0.15) is 50.7 Å². The van der Waals surface area contributed by atoms with E-state index in [9.17, 15) is 19.2 Å². The van der Waals surface area contributed by atoms with Gasteiger partial charge in [0.25, 0.3) is 0 Å². The molecule has 3 amide bonds. The van der Waals surface area contributed by atoms with Crippen LogP contribution in [0, 0.1) is 5.92 Å². The van der Waals surface area contributed by atoms with E-state index in [2.05, 4.69) is 13.8 Å². The molecular formula is C26H28N2O5. The molecule has 2 aromatic rings. The number of hydrogen-bond acceptors (Lipinski definition) is 5. The zero-order valence-corrected chi connectivity index (χ0v) is 19.0. The summed E-state index contributed by atoms with van der Waals surface area (Å²) in [6, 6.07) is 12.4. The van der Waals surface area contributed by atoms with Gasteiger partial charge in [-0.05, 0) is 42.5 Å². The van der Waals surface area contributed by atoms with Crippen LogP contribution in [0.3, 0.4) is 0 Å². The zero-order valence-electron chi connectivity index (χ0n) is 19.0. The van der Waals surface area contributed by atoms with Gasteiger partial charge in [0, 0.05) is 37.6 Å². The van der Waals surface area contributed by atoms with Gasteiger partial charge < -0.3 is 9.64 Å². The Balaban J connectivity index is 1.50. The number of carbonyl (C=O) groups excluding carboxylic acids is 4. The Morgan fingerprint density at radius 2 is 1.58 bits per heavy atom. The van der Waals surface area contributed by atoms with Gasteiger partial charge in [-0.25, -0.2) is 0 Å². The standard InChI is InChI=1S/C26H28N2O5/c1-3-17-8-5-9-18(4-2)25(17)27-16-19(14-24(27)31)26(32)33-21-11-6-10-20(15-21)28-22(29)12-7-13-23(28)30/h5-6,8-11,15,19H,3-4,7,12-14,16H2,1-2H3/t19-/m1/s1. The third-order valence-electron chi connectivity index (χ3n) is 6.27. The second kappa shape index (κ2) is 9.57. The smallest absolute Gasteiger partial charge is 0.316 e. The fourth-order valence-electron chi connectivity index (χ4n) is 4.57. The number of para-hydroxylation sites is 1. The predicted molar refractivity (Wildman–Crippen MR) is 124 cm³/mol. The highest BCUT2D eigenvalue weighted by molar-refractivity contribution is 6.16. The summed E-state index contributed by atoms with van der Waals surface area (Å²) in [6.07, 6.45) is 2.86. The lowest BCUT2D eigenvalue weighted by Crippen LogP contribution is -2.40. The Bertz CT molecular complexity index is 1070. The maximum absolute atomic E-state index is 12.9. The lowest BCUT2D eigenvalue weighted by atomic mass is 10.0. The van der Waals surface area contributed by atoms with Crippen LogP contribution >= 0.6 is 0 Å². The molecule has 2 aliphatic heterocycles. The van der Waals surface area contributed by atoms with Crippen LogP contribution in [0.15, 0.2) is 42.5 Å². The molecule has 0 aliphatic carbocycles. The second-order valence-corrected chi connectivity index (χ2v) is 8.43. The highest BCUT2D eigenvalue weighted by Crippen LogP contribution is 2.33. The first-order valence-electron chi connectivity index (χ1n) is 11.5. The van der Waals surface area contributed by atoms with E-state index in [1.165, 1.54) is 6.07 Å². The van der Waals surface area contributed by atoms with Gasteiger partial charge in [0.05, 0.1) is 11.6 Å². The Kier molecular flexibility index (Phi) is 6.58. The van der Waals surface area contributed by atoms with Crippen molar-refractivity contribution in [2.24, 2.45) is 5.92 Å². The Labute approximate surface area is 193 Å². The average molecular weight is 449 g/mol. The summed E-state index contributed by atoms with van der Waals surface area (Å²) in [5.41, 5.74) is 3.47. The minimum Gasteiger partial charge on any atom is -0.426 e.